The van der Waals surface area contributed by atoms with Gasteiger partial charge in [-0.2, -0.15) is 0 Å². The van der Waals surface area contributed by atoms with E-state index >= 15 is 0 Å². The number of hydrogen-bond donors (Lipinski definition) is 1. The second kappa shape index (κ2) is 4.29. The van der Waals surface area contributed by atoms with Gasteiger partial charge in [0.05, 0.1) is 13.2 Å². The van der Waals surface area contributed by atoms with Crippen molar-refractivity contribution in [2.24, 2.45) is 0 Å². The van der Waals surface area contributed by atoms with Crippen molar-refractivity contribution < 1.29 is 9.84 Å². The standard InChI is InChI=1S/C10H15NO2S/c1-13-10-3-2-9(14-10)7-11-5-4-8(12)6-11/h2-3,8,12H,4-7H2,1H3/t8-/m0/s1. The molecule has 0 radical (unpaired) electrons. The second-order valence-electron chi connectivity index (χ2n) is 3.60. The van der Waals surface area contributed by atoms with Gasteiger partial charge < -0.3 is 9.84 Å². The van der Waals surface area contributed by atoms with Gasteiger partial charge in [0.2, 0.25) is 0 Å². The van der Waals surface area contributed by atoms with Crippen LogP contribution in [0.5, 0.6) is 5.06 Å². The van der Waals surface area contributed by atoms with Crippen molar-refractivity contribution in [2.75, 3.05) is 20.2 Å². The molecule has 0 aliphatic carbocycles. The monoisotopic (exact) mass is 213 g/mol. The van der Waals surface area contributed by atoms with E-state index in [1.54, 1.807) is 18.4 Å². The Balaban J connectivity index is 1.90. The van der Waals surface area contributed by atoms with Gasteiger partial charge in [0.1, 0.15) is 0 Å². The molecule has 1 atom stereocenters. The highest BCUT2D eigenvalue weighted by Gasteiger charge is 2.20. The van der Waals surface area contributed by atoms with Gasteiger partial charge in [-0.05, 0) is 18.6 Å². The summed E-state index contributed by atoms with van der Waals surface area (Å²) in [5.74, 6) is 0. The van der Waals surface area contributed by atoms with Gasteiger partial charge in [0.15, 0.2) is 5.06 Å². The summed E-state index contributed by atoms with van der Waals surface area (Å²) < 4.78 is 5.13. The van der Waals surface area contributed by atoms with Crippen molar-refractivity contribution in [3.63, 3.8) is 0 Å². The molecule has 3 nitrogen and oxygen atoms in total. The van der Waals surface area contributed by atoms with Gasteiger partial charge in [-0.1, -0.05) is 0 Å². The molecule has 14 heavy (non-hydrogen) atoms. The van der Waals surface area contributed by atoms with E-state index in [1.165, 1.54) is 4.88 Å². The number of β-amino-alcohol motifs (C(OH)–C–C–N with tert-alkyl or cyclic N) is 1. The predicted octanol–water partition coefficient (Wildman–Crippen LogP) is 1.32. The highest BCUT2D eigenvalue weighted by atomic mass is 32.1. The quantitative estimate of drug-likeness (QED) is 0.822. The predicted molar refractivity (Wildman–Crippen MR) is 56.8 cm³/mol. The molecule has 0 amide bonds. The van der Waals surface area contributed by atoms with E-state index in [4.69, 9.17) is 4.74 Å². The van der Waals surface area contributed by atoms with E-state index in [-0.39, 0.29) is 6.10 Å². The Labute approximate surface area is 87.9 Å². The van der Waals surface area contributed by atoms with Crippen molar-refractivity contribution in [1.82, 2.24) is 4.90 Å². The maximum Gasteiger partial charge on any atom is 0.173 e. The minimum absolute atomic E-state index is 0.128. The van der Waals surface area contributed by atoms with Crippen LogP contribution in [0.25, 0.3) is 0 Å². The molecule has 78 valence electrons. The molecule has 0 spiro atoms. The van der Waals surface area contributed by atoms with Gasteiger partial charge in [0.25, 0.3) is 0 Å². The molecule has 1 fully saturated rings. The van der Waals surface area contributed by atoms with E-state index in [0.29, 0.717) is 0 Å². The number of ether oxygens (including phenoxy) is 1. The molecule has 2 heterocycles. The van der Waals surface area contributed by atoms with Gasteiger partial charge in [-0.3, -0.25) is 4.90 Å². The zero-order valence-corrected chi connectivity index (χ0v) is 9.09. The normalized spacial score (nSPS) is 22.9. The van der Waals surface area contributed by atoms with Crippen LogP contribution in [0.4, 0.5) is 0 Å². The van der Waals surface area contributed by atoms with Crippen LogP contribution in [0.15, 0.2) is 12.1 Å². The Morgan fingerprint density at radius 3 is 3.07 bits per heavy atom. The van der Waals surface area contributed by atoms with Crippen molar-refractivity contribution >= 4 is 11.3 Å². The average molecular weight is 213 g/mol. The van der Waals surface area contributed by atoms with Gasteiger partial charge >= 0.3 is 0 Å². The Morgan fingerprint density at radius 1 is 1.64 bits per heavy atom. The number of methoxy groups -OCH3 is 1. The van der Waals surface area contributed by atoms with E-state index in [9.17, 15) is 5.11 Å². The Bertz CT molecular complexity index is 300. The first kappa shape index (κ1) is 9.96. The van der Waals surface area contributed by atoms with Crippen LogP contribution in [-0.4, -0.2) is 36.3 Å². The molecule has 1 aliphatic heterocycles. The maximum atomic E-state index is 9.37. The van der Waals surface area contributed by atoms with Crippen LogP contribution < -0.4 is 4.74 Å². The second-order valence-corrected chi connectivity index (χ2v) is 4.73. The first-order valence-electron chi connectivity index (χ1n) is 4.81. The van der Waals surface area contributed by atoms with Gasteiger partial charge in [0, 0.05) is 24.5 Å². The summed E-state index contributed by atoms with van der Waals surface area (Å²) >= 11 is 1.68. The number of aliphatic hydroxyl groups excluding tert-OH is 1. The molecule has 2 rings (SSSR count). The van der Waals surface area contributed by atoms with Crippen molar-refractivity contribution in [1.29, 1.82) is 0 Å². The lowest BCUT2D eigenvalue weighted by Crippen LogP contribution is -2.20. The van der Waals surface area contributed by atoms with Crippen molar-refractivity contribution in [3.8, 4) is 5.06 Å². The number of rotatable bonds is 3. The minimum atomic E-state index is -0.128. The fraction of sp³-hybridized carbons (Fsp3) is 0.600. The maximum absolute atomic E-state index is 9.37. The van der Waals surface area contributed by atoms with Crippen LogP contribution in [0.1, 0.15) is 11.3 Å². The third-order valence-electron chi connectivity index (χ3n) is 2.47. The number of aliphatic hydroxyl groups is 1. The lowest BCUT2D eigenvalue weighted by atomic mass is 10.3. The molecule has 1 aromatic rings. The third-order valence-corrected chi connectivity index (χ3v) is 3.50. The summed E-state index contributed by atoms with van der Waals surface area (Å²) in [6, 6.07) is 4.08. The highest BCUT2D eigenvalue weighted by molar-refractivity contribution is 7.13. The summed E-state index contributed by atoms with van der Waals surface area (Å²) in [4.78, 5) is 3.58. The molecule has 1 aliphatic rings. The topological polar surface area (TPSA) is 32.7 Å². The molecule has 0 bridgehead atoms. The van der Waals surface area contributed by atoms with E-state index in [0.717, 1.165) is 31.1 Å². The zero-order valence-electron chi connectivity index (χ0n) is 8.27. The van der Waals surface area contributed by atoms with Gasteiger partial charge in [-0.15, -0.1) is 11.3 Å². The highest BCUT2D eigenvalue weighted by Crippen LogP contribution is 2.25. The molecule has 1 aromatic heterocycles. The van der Waals surface area contributed by atoms with Crippen LogP contribution in [0, 0.1) is 0 Å². The van der Waals surface area contributed by atoms with Crippen LogP contribution in [0.3, 0.4) is 0 Å². The average Bonchev–Trinajstić information content (AvgIpc) is 2.76. The number of nitrogens with zero attached hydrogens (tertiary/aromatic N) is 1. The summed E-state index contributed by atoms with van der Waals surface area (Å²) in [5, 5.41) is 10.3. The van der Waals surface area contributed by atoms with Crippen LogP contribution in [0.2, 0.25) is 0 Å². The fourth-order valence-electron chi connectivity index (χ4n) is 1.73. The zero-order chi connectivity index (χ0) is 9.97. The van der Waals surface area contributed by atoms with Crippen LogP contribution in [-0.2, 0) is 6.54 Å². The summed E-state index contributed by atoms with van der Waals surface area (Å²) in [5.41, 5.74) is 0. The molecule has 4 heteroatoms. The Morgan fingerprint density at radius 2 is 2.50 bits per heavy atom. The van der Waals surface area contributed by atoms with Crippen molar-refractivity contribution in [3.05, 3.63) is 17.0 Å². The first-order chi connectivity index (χ1) is 6.78. The lowest BCUT2D eigenvalue weighted by molar-refractivity contribution is 0.175. The third kappa shape index (κ3) is 2.26. The van der Waals surface area contributed by atoms with E-state index < -0.39 is 0 Å². The lowest BCUT2D eigenvalue weighted by Gasteiger charge is -2.12. The number of thiophene rings is 1. The molecule has 1 N–H and O–H groups in total. The van der Waals surface area contributed by atoms with E-state index in [1.807, 2.05) is 6.07 Å². The molecule has 0 saturated carbocycles. The molecular weight excluding hydrogens is 198 g/mol. The summed E-state index contributed by atoms with van der Waals surface area (Å²) in [6.07, 6.45) is 0.777. The number of likely N-dealkylation sites (tertiary alicyclic amines) is 1. The fourth-order valence-corrected chi connectivity index (χ4v) is 2.59. The molecule has 0 unspecified atom stereocenters. The summed E-state index contributed by atoms with van der Waals surface area (Å²) in [6.45, 7) is 2.74. The Kier molecular flexibility index (Phi) is 3.05. The minimum Gasteiger partial charge on any atom is -0.487 e. The first-order valence-corrected chi connectivity index (χ1v) is 5.62. The van der Waals surface area contributed by atoms with Crippen LogP contribution >= 0.6 is 11.3 Å². The molecule has 1 saturated heterocycles. The van der Waals surface area contributed by atoms with E-state index in [2.05, 4.69) is 11.0 Å². The Hall–Kier alpha value is -0.580. The van der Waals surface area contributed by atoms with Crippen molar-refractivity contribution in [2.45, 2.75) is 19.1 Å². The van der Waals surface area contributed by atoms with Gasteiger partial charge in [-0.25, -0.2) is 0 Å². The summed E-state index contributed by atoms with van der Waals surface area (Å²) in [7, 11) is 1.69. The molecule has 0 aromatic carbocycles. The smallest absolute Gasteiger partial charge is 0.173 e. The number of hydrogen-bond acceptors (Lipinski definition) is 4. The molecular formula is C10H15NO2S. The SMILES string of the molecule is COc1ccc(CN2CC[C@H](O)C2)s1. The largest absolute Gasteiger partial charge is 0.487 e.